The van der Waals surface area contributed by atoms with Crippen molar-refractivity contribution >= 4 is 11.7 Å². The van der Waals surface area contributed by atoms with Gasteiger partial charge in [0.1, 0.15) is 0 Å². The van der Waals surface area contributed by atoms with Gasteiger partial charge < -0.3 is 10.6 Å². The van der Waals surface area contributed by atoms with Crippen LogP contribution in [0, 0.1) is 0 Å². The first-order valence-electron chi connectivity index (χ1n) is 5.55. The van der Waals surface area contributed by atoms with Crippen LogP contribution in [0.1, 0.15) is 26.2 Å². The van der Waals surface area contributed by atoms with Gasteiger partial charge in [0.2, 0.25) is 5.91 Å². The van der Waals surface area contributed by atoms with E-state index in [1.54, 1.807) is 18.3 Å². The molecule has 1 aliphatic rings. The summed E-state index contributed by atoms with van der Waals surface area (Å²) in [6.45, 7) is 2.82. The highest BCUT2D eigenvalue weighted by atomic mass is 16.2. The number of nitrogens with zero attached hydrogens (tertiary/aromatic N) is 2. The molecule has 1 amide bonds. The minimum absolute atomic E-state index is 0.0345. The predicted octanol–water partition coefficient (Wildman–Crippen LogP) is 0.947. The molecule has 2 N–H and O–H groups in total. The minimum atomic E-state index is -0.476. The number of rotatable bonds is 2. The molecular weight excluding hydrogens is 204 g/mol. The molecule has 1 atom stereocenters. The first kappa shape index (κ1) is 11.0. The molecule has 16 heavy (non-hydrogen) atoms. The summed E-state index contributed by atoms with van der Waals surface area (Å²) < 4.78 is 0. The second-order valence-electron chi connectivity index (χ2n) is 4.28. The number of anilines is 1. The lowest BCUT2D eigenvalue weighted by atomic mass is 9.90. The number of hydrogen-bond acceptors (Lipinski definition) is 4. The second kappa shape index (κ2) is 4.57. The van der Waals surface area contributed by atoms with Crippen LogP contribution in [0.3, 0.4) is 0 Å². The van der Waals surface area contributed by atoms with Gasteiger partial charge >= 0.3 is 0 Å². The van der Waals surface area contributed by atoms with Gasteiger partial charge in [0.05, 0.1) is 5.54 Å². The lowest BCUT2D eigenvalue weighted by Crippen LogP contribution is -2.54. The third kappa shape index (κ3) is 2.36. The summed E-state index contributed by atoms with van der Waals surface area (Å²) in [7, 11) is 0. The standard InChI is InChI=1S/C11H16N4O/c1-11(6-2-3-7-12-11)10(16)14-9-5-4-8-13-15-9/h4-5,8,12H,2-3,6-7H2,1H3,(H,14,15,16). The third-order valence-electron chi connectivity index (χ3n) is 2.93. The van der Waals surface area contributed by atoms with Crippen LogP contribution in [-0.2, 0) is 4.79 Å². The summed E-state index contributed by atoms with van der Waals surface area (Å²) in [6, 6.07) is 3.48. The molecule has 1 aliphatic heterocycles. The molecule has 0 aliphatic carbocycles. The van der Waals surface area contributed by atoms with Crippen LogP contribution < -0.4 is 10.6 Å². The van der Waals surface area contributed by atoms with E-state index in [0.29, 0.717) is 5.82 Å². The predicted molar refractivity (Wildman–Crippen MR) is 60.9 cm³/mol. The van der Waals surface area contributed by atoms with E-state index in [1.165, 1.54) is 0 Å². The number of carbonyl (C=O) groups is 1. The van der Waals surface area contributed by atoms with Crippen molar-refractivity contribution in [3.63, 3.8) is 0 Å². The molecule has 2 heterocycles. The van der Waals surface area contributed by atoms with Crippen molar-refractivity contribution in [3.8, 4) is 0 Å². The fraction of sp³-hybridized carbons (Fsp3) is 0.545. The van der Waals surface area contributed by atoms with E-state index in [4.69, 9.17) is 0 Å². The van der Waals surface area contributed by atoms with Gasteiger partial charge in [0.15, 0.2) is 5.82 Å². The smallest absolute Gasteiger partial charge is 0.245 e. The average Bonchev–Trinajstić information content (AvgIpc) is 2.31. The van der Waals surface area contributed by atoms with E-state index >= 15 is 0 Å². The highest BCUT2D eigenvalue weighted by molar-refractivity contribution is 5.97. The maximum absolute atomic E-state index is 12.0. The van der Waals surface area contributed by atoms with Crippen molar-refractivity contribution in [2.45, 2.75) is 31.7 Å². The summed E-state index contributed by atoms with van der Waals surface area (Å²) in [6.07, 6.45) is 4.65. The fourth-order valence-electron chi connectivity index (χ4n) is 1.87. The van der Waals surface area contributed by atoms with E-state index in [-0.39, 0.29) is 5.91 Å². The SMILES string of the molecule is CC1(C(=O)Nc2cccnn2)CCCCN1. The molecule has 1 unspecified atom stereocenters. The van der Waals surface area contributed by atoms with E-state index < -0.39 is 5.54 Å². The Kier molecular flexibility index (Phi) is 3.14. The van der Waals surface area contributed by atoms with Crippen molar-refractivity contribution in [1.29, 1.82) is 0 Å². The van der Waals surface area contributed by atoms with Gasteiger partial charge in [-0.3, -0.25) is 4.79 Å². The highest BCUT2D eigenvalue weighted by Crippen LogP contribution is 2.20. The van der Waals surface area contributed by atoms with Crippen molar-refractivity contribution < 1.29 is 4.79 Å². The van der Waals surface area contributed by atoms with E-state index in [1.807, 2.05) is 6.92 Å². The Labute approximate surface area is 94.6 Å². The van der Waals surface area contributed by atoms with Crippen LogP contribution in [0.2, 0.25) is 0 Å². The lowest BCUT2D eigenvalue weighted by molar-refractivity contribution is -0.122. The second-order valence-corrected chi connectivity index (χ2v) is 4.28. The van der Waals surface area contributed by atoms with Gasteiger partial charge in [-0.25, -0.2) is 0 Å². The Morgan fingerprint density at radius 1 is 1.56 bits per heavy atom. The van der Waals surface area contributed by atoms with Gasteiger partial charge in [-0.15, -0.1) is 5.10 Å². The summed E-state index contributed by atoms with van der Waals surface area (Å²) in [4.78, 5) is 12.0. The molecule has 5 nitrogen and oxygen atoms in total. The average molecular weight is 220 g/mol. The Hall–Kier alpha value is -1.49. The monoisotopic (exact) mass is 220 g/mol. The molecule has 1 saturated heterocycles. The molecule has 1 fully saturated rings. The van der Waals surface area contributed by atoms with Gasteiger partial charge in [-0.2, -0.15) is 5.10 Å². The van der Waals surface area contributed by atoms with E-state index in [2.05, 4.69) is 20.8 Å². The zero-order valence-corrected chi connectivity index (χ0v) is 9.36. The number of aromatic nitrogens is 2. The quantitative estimate of drug-likeness (QED) is 0.778. The highest BCUT2D eigenvalue weighted by Gasteiger charge is 2.34. The van der Waals surface area contributed by atoms with Crippen LogP contribution in [0.4, 0.5) is 5.82 Å². The fourth-order valence-corrected chi connectivity index (χ4v) is 1.87. The molecule has 0 bridgehead atoms. The first-order chi connectivity index (χ1) is 7.71. The summed E-state index contributed by atoms with van der Waals surface area (Å²) in [5.41, 5.74) is -0.476. The Morgan fingerprint density at radius 2 is 2.44 bits per heavy atom. The van der Waals surface area contributed by atoms with E-state index in [9.17, 15) is 4.79 Å². The molecular formula is C11H16N4O. The van der Waals surface area contributed by atoms with Crippen LogP contribution in [0.15, 0.2) is 18.3 Å². The molecule has 0 spiro atoms. The van der Waals surface area contributed by atoms with Gasteiger partial charge in [-0.1, -0.05) is 0 Å². The molecule has 2 rings (SSSR count). The zero-order chi connectivity index (χ0) is 11.4. The molecule has 0 saturated carbocycles. The summed E-state index contributed by atoms with van der Waals surface area (Å²) in [5, 5.41) is 13.6. The van der Waals surface area contributed by atoms with Gasteiger partial charge in [-0.05, 0) is 44.9 Å². The van der Waals surface area contributed by atoms with Gasteiger partial charge in [0, 0.05) is 6.20 Å². The number of nitrogens with one attached hydrogen (secondary N) is 2. The van der Waals surface area contributed by atoms with Crippen molar-refractivity contribution in [3.05, 3.63) is 18.3 Å². The zero-order valence-electron chi connectivity index (χ0n) is 9.36. The number of hydrogen-bond donors (Lipinski definition) is 2. The number of carbonyl (C=O) groups excluding carboxylic acids is 1. The molecule has 1 aromatic heterocycles. The molecule has 5 heteroatoms. The molecule has 86 valence electrons. The Morgan fingerprint density at radius 3 is 3.06 bits per heavy atom. The molecule has 0 aromatic carbocycles. The van der Waals surface area contributed by atoms with Crippen LogP contribution in [0.25, 0.3) is 0 Å². The van der Waals surface area contributed by atoms with Gasteiger partial charge in [0.25, 0.3) is 0 Å². The Bertz CT molecular complexity index is 360. The normalized spacial score (nSPS) is 25.1. The van der Waals surface area contributed by atoms with Crippen molar-refractivity contribution in [1.82, 2.24) is 15.5 Å². The number of amides is 1. The third-order valence-corrected chi connectivity index (χ3v) is 2.93. The maximum Gasteiger partial charge on any atom is 0.245 e. The largest absolute Gasteiger partial charge is 0.308 e. The molecule has 0 radical (unpaired) electrons. The minimum Gasteiger partial charge on any atom is -0.308 e. The Balaban J connectivity index is 2.02. The van der Waals surface area contributed by atoms with Crippen LogP contribution >= 0.6 is 0 Å². The van der Waals surface area contributed by atoms with Crippen molar-refractivity contribution in [2.75, 3.05) is 11.9 Å². The lowest BCUT2D eigenvalue weighted by Gasteiger charge is -2.33. The maximum atomic E-state index is 12.0. The first-order valence-corrected chi connectivity index (χ1v) is 5.55. The van der Waals surface area contributed by atoms with E-state index in [0.717, 1.165) is 25.8 Å². The van der Waals surface area contributed by atoms with Crippen molar-refractivity contribution in [2.24, 2.45) is 0 Å². The summed E-state index contributed by atoms with van der Waals surface area (Å²) >= 11 is 0. The van der Waals surface area contributed by atoms with Crippen LogP contribution in [0.5, 0.6) is 0 Å². The van der Waals surface area contributed by atoms with Crippen LogP contribution in [-0.4, -0.2) is 28.2 Å². The number of piperidine rings is 1. The summed E-state index contributed by atoms with van der Waals surface area (Å²) in [5.74, 6) is 0.466. The topological polar surface area (TPSA) is 66.9 Å². The molecule has 1 aromatic rings.